The van der Waals surface area contributed by atoms with Crippen molar-refractivity contribution >= 4 is 5.91 Å². The zero-order valence-corrected chi connectivity index (χ0v) is 14.2. The number of carbonyl (C=O) groups excluding carboxylic acids is 1. The number of piperidine rings is 1. The summed E-state index contributed by atoms with van der Waals surface area (Å²) in [7, 11) is 0. The monoisotopic (exact) mass is 315 g/mol. The van der Waals surface area contributed by atoms with Crippen molar-refractivity contribution in [3.63, 3.8) is 0 Å². The minimum atomic E-state index is -0.375. The molecule has 1 aliphatic carbocycles. The zero-order valence-electron chi connectivity index (χ0n) is 14.2. The van der Waals surface area contributed by atoms with E-state index in [1.165, 1.54) is 18.4 Å². The fourth-order valence-corrected chi connectivity index (χ4v) is 3.63. The van der Waals surface area contributed by atoms with Crippen LogP contribution in [0.5, 0.6) is 0 Å². The Bertz CT molecular complexity index is 513. The average molecular weight is 315 g/mol. The maximum absolute atomic E-state index is 12.4. The van der Waals surface area contributed by atoms with Gasteiger partial charge in [-0.1, -0.05) is 30.3 Å². The Morgan fingerprint density at radius 2 is 2.04 bits per heavy atom. The van der Waals surface area contributed by atoms with E-state index < -0.39 is 0 Å². The van der Waals surface area contributed by atoms with Gasteiger partial charge in [-0.3, -0.25) is 9.69 Å². The molecule has 3 rings (SSSR count). The number of amides is 1. The SMILES string of the molecule is C[C@H](N)C(=O)N(C[C@@H]1CCCN(Cc2ccccc2)C1)C1CC1. The maximum Gasteiger partial charge on any atom is 0.239 e. The third-order valence-electron chi connectivity index (χ3n) is 4.97. The van der Waals surface area contributed by atoms with Crippen molar-refractivity contribution in [3.05, 3.63) is 35.9 Å². The zero-order chi connectivity index (χ0) is 16.2. The number of hydrogen-bond acceptors (Lipinski definition) is 3. The van der Waals surface area contributed by atoms with Crippen molar-refractivity contribution in [1.29, 1.82) is 0 Å². The summed E-state index contributed by atoms with van der Waals surface area (Å²) in [5.41, 5.74) is 7.21. The second kappa shape index (κ2) is 7.45. The molecule has 0 bridgehead atoms. The first kappa shape index (κ1) is 16.5. The minimum absolute atomic E-state index is 0.132. The molecule has 2 N–H and O–H groups in total. The second-order valence-electron chi connectivity index (χ2n) is 7.24. The van der Waals surface area contributed by atoms with Gasteiger partial charge in [-0.05, 0) is 50.6 Å². The molecule has 2 aliphatic rings. The van der Waals surface area contributed by atoms with E-state index >= 15 is 0 Å². The van der Waals surface area contributed by atoms with E-state index in [0.717, 1.165) is 39.0 Å². The Morgan fingerprint density at radius 1 is 1.30 bits per heavy atom. The lowest BCUT2D eigenvalue weighted by atomic mass is 9.96. The molecule has 126 valence electrons. The first-order valence-electron chi connectivity index (χ1n) is 8.96. The van der Waals surface area contributed by atoms with Gasteiger partial charge in [0.25, 0.3) is 0 Å². The van der Waals surface area contributed by atoms with Gasteiger partial charge in [0.1, 0.15) is 0 Å². The predicted molar refractivity (Wildman–Crippen MR) is 92.8 cm³/mol. The van der Waals surface area contributed by atoms with E-state index in [1.807, 2.05) is 0 Å². The van der Waals surface area contributed by atoms with Crippen molar-refractivity contribution in [2.24, 2.45) is 11.7 Å². The van der Waals surface area contributed by atoms with Crippen molar-refractivity contribution < 1.29 is 4.79 Å². The van der Waals surface area contributed by atoms with Gasteiger partial charge in [0, 0.05) is 25.7 Å². The summed E-state index contributed by atoms with van der Waals surface area (Å²) < 4.78 is 0. The van der Waals surface area contributed by atoms with E-state index in [9.17, 15) is 4.79 Å². The van der Waals surface area contributed by atoms with Crippen LogP contribution in [0.1, 0.15) is 38.2 Å². The molecular weight excluding hydrogens is 286 g/mol. The summed E-state index contributed by atoms with van der Waals surface area (Å²) in [5, 5.41) is 0. The lowest BCUT2D eigenvalue weighted by Crippen LogP contribution is -2.48. The average Bonchev–Trinajstić information content (AvgIpc) is 3.38. The van der Waals surface area contributed by atoms with Gasteiger partial charge < -0.3 is 10.6 Å². The van der Waals surface area contributed by atoms with Gasteiger partial charge in [-0.2, -0.15) is 0 Å². The molecule has 23 heavy (non-hydrogen) atoms. The van der Waals surface area contributed by atoms with E-state index in [2.05, 4.69) is 40.1 Å². The Labute approximate surface area is 139 Å². The summed E-state index contributed by atoms with van der Waals surface area (Å²) in [6.45, 7) is 5.96. The van der Waals surface area contributed by atoms with Crippen molar-refractivity contribution in [2.75, 3.05) is 19.6 Å². The fourth-order valence-electron chi connectivity index (χ4n) is 3.63. The molecule has 1 saturated heterocycles. The normalized spacial score (nSPS) is 23.5. The highest BCUT2D eigenvalue weighted by atomic mass is 16.2. The smallest absolute Gasteiger partial charge is 0.239 e. The third kappa shape index (κ3) is 4.55. The second-order valence-corrected chi connectivity index (χ2v) is 7.24. The molecule has 0 unspecified atom stereocenters. The van der Waals surface area contributed by atoms with Gasteiger partial charge in [0.2, 0.25) is 5.91 Å². The Kier molecular flexibility index (Phi) is 5.34. The highest BCUT2D eigenvalue weighted by Crippen LogP contribution is 2.30. The van der Waals surface area contributed by atoms with Crippen LogP contribution in [0, 0.1) is 5.92 Å². The summed E-state index contributed by atoms with van der Waals surface area (Å²) in [6.07, 6.45) is 4.75. The van der Waals surface area contributed by atoms with Crippen molar-refractivity contribution in [3.8, 4) is 0 Å². The third-order valence-corrected chi connectivity index (χ3v) is 4.97. The molecule has 0 spiro atoms. The van der Waals surface area contributed by atoms with Crippen LogP contribution in [0.25, 0.3) is 0 Å². The van der Waals surface area contributed by atoms with Crippen LogP contribution >= 0.6 is 0 Å². The van der Waals surface area contributed by atoms with E-state index in [-0.39, 0.29) is 11.9 Å². The number of nitrogens with two attached hydrogens (primary N) is 1. The molecule has 1 aliphatic heterocycles. The molecule has 1 saturated carbocycles. The van der Waals surface area contributed by atoms with E-state index in [4.69, 9.17) is 5.73 Å². The van der Waals surface area contributed by atoms with Crippen LogP contribution in [-0.2, 0) is 11.3 Å². The summed E-state index contributed by atoms with van der Waals surface area (Å²) in [5.74, 6) is 0.712. The number of nitrogens with zero attached hydrogens (tertiary/aromatic N) is 2. The summed E-state index contributed by atoms with van der Waals surface area (Å²) in [4.78, 5) is 17.0. The van der Waals surface area contributed by atoms with Crippen LogP contribution in [0.4, 0.5) is 0 Å². The Balaban J connectivity index is 1.56. The van der Waals surface area contributed by atoms with Gasteiger partial charge in [0.15, 0.2) is 0 Å². The molecule has 0 aromatic heterocycles. The lowest BCUT2D eigenvalue weighted by molar-refractivity contribution is -0.133. The molecule has 1 heterocycles. The van der Waals surface area contributed by atoms with Crippen LogP contribution in [0.2, 0.25) is 0 Å². The first-order valence-corrected chi connectivity index (χ1v) is 8.96. The van der Waals surface area contributed by atoms with Gasteiger partial charge in [-0.25, -0.2) is 0 Å². The number of hydrogen-bond donors (Lipinski definition) is 1. The van der Waals surface area contributed by atoms with E-state index in [0.29, 0.717) is 12.0 Å². The van der Waals surface area contributed by atoms with Crippen LogP contribution in [0.3, 0.4) is 0 Å². The van der Waals surface area contributed by atoms with Crippen LogP contribution in [-0.4, -0.2) is 47.4 Å². The fraction of sp³-hybridized carbons (Fsp3) is 0.632. The minimum Gasteiger partial charge on any atom is -0.338 e. The Hall–Kier alpha value is -1.39. The lowest BCUT2D eigenvalue weighted by Gasteiger charge is -2.36. The number of rotatable bonds is 6. The highest BCUT2D eigenvalue weighted by molar-refractivity contribution is 5.81. The molecule has 1 amide bonds. The number of carbonyl (C=O) groups is 1. The molecule has 4 nitrogen and oxygen atoms in total. The molecular formula is C19H29N3O. The van der Waals surface area contributed by atoms with Gasteiger partial charge in [-0.15, -0.1) is 0 Å². The van der Waals surface area contributed by atoms with Crippen LogP contribution in [0.15, 0.2) is 30.3 Å². The molecule has 1 aromatic rings. The molecule has 4 heteroatoms. The standard InChI is InChI=1S/C19H29N3O/c1-15(20)19(23)22(18-9-10-18)14-17-8-5-11-21(13-17)12-16-6-3-2-4-7-16/h2-4,6-7,15,17-18H,5,8-14,20H2,1H3/t15-,17+/m0/s1. The molecule has 0 radical (unpaired) electrons. The number of likely N-dealkylation sites (tertiary alicyclic amines) is 1. The maximum atomic E-state index is 12.4. The highest BCUT2D eigenvalue weighted by Gasteiger charge is 2.35. The first-order chi connectivity index (χ1) is 11.1. The Morgan fingerprint density at radius 3 is 2.70 bits per heavy atom. The van der Waals surface area contributed by atoms with Gasteiger partial charge >= 0.3 is 0 Å². The van der Waals surface area contributed by atoms with Crippen LogP contribution < -0.4 is 5.73 Å². The number of benzene rings is 1. The summed E-state index contributed by atoms with van der Waals surface area (Å²) in [6, 6.07) is 10.7. The molecule has 2 atom stereocenters. The topological polar surface area (TPSA) is 49.6 Å². The quantitative estimate of drug-likeness (QED) is 0.876. The van der Waals surface area contributed by atoms with Crippen molar-refractivity contribution in [2.45, 2.75) is 51.2 Å². The predicted octanol–water partition coefficient (Wildman–Crippen LogP) is 2.24. The largest absolute Gasteiger partial charge is 0.338 e. The molecule has 2 fully saturated rings. The van der Waals surface area contributed by atoms with Crippen molar-refractivity contribution in [1.82, 2.24) is 9.80 Å². The van der Waals surface area contributed by atoms with E-state index in [1.54, 1.807) is 6.92 Å². The summed E-state index contributed by atoms with van der Waals surface area (Å²) >= 11 is 0. The molecule has 1 aromatic carbocycles. The van der Waals surface area contributed by atoms with Gasteiger partial charge in [0.05, 0.1) is 6.04 Å².